The van der Waals surface area contributed by atoms with E-state index in [1.807, 2.05) is 37.3 Å². The molecule has 1 aliphatic heterocycles. The minimum absolute atomic E-state index is 0.188. The molecule has 37 heavy (non-hydrogen) atoms. The molecular weight excluding hydrogens is 470 g/mol. The Morgan fingerprint density at radius 1 is 1.03 bits per heavy atom. The molecule has 4 N–H and O–H groups in total. The number of hydrogen-bond donors (Lipinski definition) is 2. The molecule has 1 aliphatic rings. The number of rotatable bonds is 8. The number of carbonyl (C=O) groups is 2. The van der Waals surface area contributed by atoms with Crippen molar-refractivity contribution in [2.75, 3.05) is 19.4 Å². The summed E-state index contributed by atoms with van der Waals surface area (Å²) in [6.07, 6.45) is 5.82. The molecule has 0 unspecified atom stereocenters. The van der Waals surface area contributed by atoms with Crippen molar-refractivity contribution in [3.63, 3.8) is 0 Å². The fourth-order valence-electron chi connectivity index (χ4n) is 3.89. The molecule has 9 heteroatoms. The van der Waals surface area contributed by atoms with E-state index in [-0.39, 0.29) is 18.9 Å². The highest BCUT2D eigenvalue weighted by molar-refractivity contribution is 6.05. The quantitative estimate of drug-likeness (QED) is 0.269. The number of aliphatic imine (C=N–C) groups is 1. The Kier molecular flexibility index (Phi) is 7.95. The maximum Gasteiger partial charge on any atom is 0.339 e. The lowest BCUT2D eigenvalue weighted by Gasteiger charge is -2.22. The Hall–Kier alpha value is -4.50. The van der Waals surface area contributed by atoms with Crippen molar-refractivity contribution in [2.24, 2.45) is 10.7 Å². The third-order valence-electron chi connectivity index (χ3n) is 5.78. The van der Waals surface area contributed by atoms with Crippen molar-refractivity contribution >= 4 is 35.2 Å². The number of amides is 1. The van der Waals surface area contributed by atoms with Crippen molar-refractivity contribution in [2.45, 2.75) is 26.4 Å². The van der Waals surface area contributed by atoms with Gasteiger partial charge in [0.15, 0.2) is 0 Å². The fraction of sp³-hybridized carbons (Fsp3) is 0.214. The van der Waals surface area contributed by atoms with E-state index in [9.17, 15) is 9.59 Å². The van der Waals surface area contributed by atoms with Crippen LogP contribution in [0.1, 0.15) is 41.3 Å². The van der Waals surface area contributed by atoms with E-state index >= 15 is 0 Å². The zero-order valence-corrected chi connectivity index (χ0v) is 20.8. The number of ether oxygens (including phenoxy) is 1. The lowest BCUT2D eigenvalue weighted by molar-refractivity contribution is -0.187. The number of nitrogen functional groups attached to an aromatic ring is 1. The average Bonchev–Trinajstić information content (AvgIpc) is 3.08. The Bertz CT molecular complexity index is 1370. The number of benzene rings is 2. The molecule has 0 radical (unpaired) electrons. The minimum atomic E-state index is -0.465. The molecule has 2 heterocycles. The molecule has 2 aromatic carbocycles. The third kappa shape index (κ3) is 6.20. The van der Waals surface area contributed by atoms with Crippen LogP contribution in [0, 0.1) is 0 Å². The number of pyridine rings is 1. The maximum absolute atomic E-state index is 13.4. The lowest BCUT2D eigenvalue weighted by Crippen LogP contribution is -2.34. The van der Waals surface area contributed by atoms with Gasteiger partial charge < -0.3 is 16.2 Å². The summed E-state index contributed by atoms with van der Waals surface area (Å²) in [5.41, 5.74) is 17.3. The summed E-state index contributed by atoms with van der Waals surface area (Å²) in [7, 11) is 1.32. The van der Waals surface area contributed by atoms with Crippen molar-refractivity contribution in [1.29, 1.82) is 0 Å². The second-order valence-electron chi connectivity index (χ2n) is 8.60. The first kappa shape index (κ1) is 25.6. The molecule has 0 aliphatic carbocycles. The first-order chi connectivity index (χ1) is 17.9. The van der Waals surface area contributed by atoms with Gasteiger partial charge in [-0.15, -0.1) is 0 Å². The molecular formula is C28H29N5O4. The third-order valence-corrected chi connectivity index (χ3v) is 5.78. The zero-order valence-electron chi connectivity index (χ0n) is 20.8. The minimum Gasteiger partial charge on any atom is -0.465 e. The molecule has 0 bridgehead atoms. The summed E-state index contributed by atoms with van der Waals surface area (Å²) < 4.78 is 4.79. The number of esters is 1. The van der Waals surface area contributed by atoms with Crippen LogP contribution in [0.5, 0.6) is 0 Å². The zero-order chi connectivity index (χ0) is 26.4. The van der Waals surface area contributed by atoms with Gasteiger partial charge in [-0.3, -0.25) is 14.6 Å². The van der Waals surface area contributed by atoms with Crippen molar-refractivity contribution in [3.8, 4) is 11.1 Å². The molecule has 0 atom stereocenters. The van der Waals surface area contributed by atoms with Gasteiger partial charge in [0.05, 0.1) is 18.4 Å². The standard InChI is InChI=1S/C28H29N5O4/c1-3-10-33(37-17-18-4-8-24(29)9-5-18)27(34)21-11-20-7-6-19(13-25(20)32-26(30)14-21)22-12-23(16-31-15-22)28(35)36-2/h4-9,11-13,15-16H,3,10,14,17,29H2,1-2H3,(H2,30,32). The molecule has 0 saturated heterocycles. The highest BCUT2D eigenvalue weighted by Gasteiger charge is 2.22. The van der Waals surface area contributed by atoms with Crippen molar-refractivity contribution in [3.05, 3.63) is 83.2 Å². The highest BCUT2D eigenvalue weighted by atomic mass is 16.7. The predicted octanol–water partition coefficient (Wildman–Crippen LogP) is 4.26. The molecule has 3 aromatic rings. The normalized spacial score (nSPS) is 12.6. The molecule has 9 nitrogen and oxygen atoms in total. The van der Waals surface area contributed by atoms with Crippen LogP contribution in [-0.2, 0) is 21.0 Å². The maximum atomic E-state index is 13.4. The van der Waals surface area contributed by atoms with Gasteiger partial charge in [0, 0.05) is 47.7 Å². The van der Waals surface area contributed by atoms with E-state index in [0.717, 1.165) is 28.7 Å². The summed E-state index contributed by atoms with van der Waals surface area (Å²) in [4.78, 5) is 39.9. The number of anilines is 1. The Balaban J connectivity index is 1.59. The van der Waals surface area contributed by atoms with Crippen LogP contribution in [-0.4, -0.2) is 41.4 Å². The number of amidine groups is 1. The first-order valence-corrected chi connectivity index (χ1v) is 11.9. The van der Waals surface area contributed by atoms with Crippen LogP contribution in [0.25, 0.3) is 17.2 Å². The van der Waals surface area contributed by atoms with Gasteiger partial charge in [-0.25, -0.2) is 14.9 Å². The number of hydrogen-bond acceptors (Lipinski definition) is 8. The van der Waals surface area contributed by atoms with Gasteiger partial charge in [-0.2, -0.15) is 0 Å². The number of nitrogens with zero attached hydrogens (tertiary/aromatic N) is 3. The Labute approximate surface area is 215 Å². The number of fused-ring (bicyclic) bond motifs is 1. The van der Waals surface area contributed by atoms with E-state index in [0.29, 0.717) is 34.9 Å². The highest BCUT2D eigenvalue weighted by Crippen LogP contribution is 2.32. The van der Waals surface area contributed by atoms with Gasteiger partial charge in [0.25, 0.3) is 5.91 Å². The van der Waals surface area contributed by atoms with E-state index < -0.39 is 5.97 Å². The van der Waals surface area contributed by atoms with Gasteiger partial charge >= 0.3 is 5.97 Å². The average molecular weight is 500 g/mol. The molecule has 4 rings (SSSR count). The molecule has 0 fully saturated rings. The van der Waals surface area contributed by atoms with Crippen molar-refractivity contribution < 1.29 is 19.2 Å². The van der Waals surface area contributed by atoms with Crippen LogP contribution in [0.15, 0.2) is 71.5 Å². The largest absolute Gasteiger partial charge is 0.465 e. The van der Waals surface area contributed by atoms with E-state index in [1.54, 1.807) is 30.5 Å². The van der Waals surface area contributed by atoms with Crippen molar-refractivity contribution in [1.82, 2.24) is 10.0 Å². The monoisotopic (exact) mass is 499 g/mol. The van der Waals surface area contributed by atoms with E-state index in [1.165, 1.54) is 18.4 Å². The SMILES string of the molecule is CCCN(OCc1ccc(N)cc1)C(=O)C1=Cc2ccc(-c3cncc(C(=O)OC)c3)cc2N=C(N)C1. The van der Waals surface area contributed by atoms with Crippen LogP contribution in [0.3, 0.4) is 0 Å². The van der Waals surface area contributed by atoms with Gasteiger partial charge in [0.1, 0.15) is 12.4 Å². The Morgan fingerprint density at radius 3 is 2.54 bits per heavy atom. The number of carbonyl (C=O) groups excluding carboxylic acids is 2. The predicted molar refractivity (Wildman–Crippen MR) is 143 cm³/mol. The Morgan fingerprint density at radius 2 is 1.81 bits per heavy atom. The molecule has 0 spiro atoms. The topological polar surface area (TPSA) is 133 Å². The summed E-state index contributed by atoms with van der Waals surface area (Å²) in [5, 5.41) is 1.37. The number of hydroxylamine groups is 2. The van der Waals surface area contributed by atoms with Gasteiger partial charge in [-0.1, -0.05) is 31.2 Å². The van der Waals surface area contributed by atoms with Gasteiger partial charge in [0.2, 0.25) is 0 Å². The van der Waals surface area contributed by atoms with Crippen LogP contribution < -0.4 is 11.5 Å². The van der Waals surface area contributed by atoms with E-state index in [2.05, 4.69) is 9.98 Å². The molecule has 0 saturated carbocycles. The number of aromatic nitrogens is 1. The molecule has 1 amide bonds. The second-order valence-corrected chi connectivity index (χ2v) is 8.60. The smallest absolute Gasteiger partial charge is 0.339 e. The summed E-state index contributed by atoms with van der Waals surface area (Å²) >= 11 is 0. The van der Waals surface area contributed by atoms with E-state index in [4.69, 9.17) is 21.0 Å². The van der Waals surface area contributed by atoms with Crippen LogP contribution in [0.2, 0.25) is 0 Å². The number of nitrogens with two attached hydrogens (primary N) is 2. The fourth-order valence-corrected chi connectivity index (χ4v) is 3.89. The molecule has 190 valence electrons. The lowest BCUT2D eigenvalue weighted by atomic mass is 10.0. The summed E-state index contributed by atoms with van der Waals surface area (Å²) in [6.45, 7) is 2.64. The second kappa shape index (κ2) is 11.5. The molecule has 1 aromatic heterocycles. The van der Waals surface area contributed by atoms with Crippen LogP contribution >= 0.6 is 0 Å². The summed E-state index contributed by atoms with van der Waals surface area (Å²) in [5.74, 6) is -0.415. The first-order valence-electron chi connectivity index (χ1n) is 11.9. The summed E-state index contributed by atoms with van der Waals surface area (Å²) in [6, 6.07) is 14.6. The number of methoxy groups -OCH3 is 1. The van der Waals surface area contributed by atoms with Gasteiger partial charge in [-0.05, 0) is 47.9 Å². The van der Waals surface area contributed by atoms with Crippen LogP contribution in [0.4, 0.5) is 11.4 Å².